The van der Waals surface area contributed by atoms with E-state index in [1.807, 2.05) is 0 Å². The normalized spacial score (nSPS) is 36.1. The van der Waals surface area contributed by atoms with Crippen molar-refractivity contribution in [2.45, 2.75) is 78.6 Å². The van der Waals surface area contributed by atoms with Crippen LogP contribution in [0.25, 0.3) is 0 Å². The molecule has 0 unspecified atom stereocenters. The summed E-state index contributed by atoms with van der Waals surface area (Å²) < 4.78 is 0. The molecule has 0 saturated heterocycles. The van der Waals surface area contributed by atoms with Crippen LogP contribution in [0.5, 0.6) is 0 Å². The fraction of sp³-hybridized carbons (Fsp3) is 0.941. The Kier molecular flexibility index (Phi) is 7.40. The largest absolute Gasteiger partial charge is 0.198 e. The maximum Gasteiger partial charge on any atom is 0.0655 e. The Morgan fingerprint density at radius 2 is 1.22 bits per heavy atom. The van der Waals surface area contributed by atoms with Crippen LogP contribution < -0.4 is 0 Å². The van der Waals surface area contributed by atoms with E-state index in [1.54, 1.807) is 0 Å². The third-order valence-electron chi connectivity index (χ3n) is 4.68. The standard InChI is InChI=1S/C14H23N.C3H8/c1-11-2-6-13(7-3-11)14-8-4-12(10-15)5-9-14;1-3-2/h11-14H,2-9H2,1H3;3H2,1-2H3. The molecule has 0 amide bonds. The molecule has 0 spiro atoms. The molecule has 0 aromatic heterocycles. The first-order valence-corrected chi connectivity index (χ1v) is 8.10. The lowest BCUT2D eigenvalue weighted by atomic mass is 9.70. The fourth-order valence-electron chi connectivity index (χ4n) is 3.48. The molecule has 0 radical (unpaired) electrons. The van der Waals surface area contributed by atoms with Gasteiger partial charge in [-0.15, -0.1) is 0 Å². The van der Waals surface area contributed by atoms with E-state index in [2.05, 4.69) is 26.8 Å². The van der Waals surface area contributed by atoms with Gasteiger partial charge < -0.3 is 0 Å². The number of hydrogen-bond donors (Lipinski definition) is 0. The Bertz CT molecular complexity index is 237. The lowest BCUT2D eigenvalue weighted by Crippen LogP contribution is -2.24. The maximum atomic E-state index is 8.87. The Balaban J connectivity index is 0.000000492. The summed E-state index contributed by atoms with van der Waals surface area (Å²) in [6.45, 7) is 6.64. The summed E-state index contributed by atoms with van der Waals surface area (Å²) in [5.41, 5.74) is 0. The smallest absolute Gasteiger partial charge is 0.0655 e. The van der Waals surface area contributed by atoms with Gasteiger partial charge >= 0.3 is 0 Å². The van der Waals surface area contributed by atoms with Gasteiger partial charge in [-0.25, -0.2) is 0 Å². The molecule has 2 aliphatic carbocycles. The molecule has 2 rings (SSSR count). The first-order valence-electron chi connectivity index (χ1n) is 8.10. The summed E-state index contributed by atoms with van der Waals surface area (Å²) in [6, 6.07) is 2.43. The van der Waals surface area contributed by atoms with Crippen LogP contribution in [-0.4, -0.2) is 0 Å². The average molecular weight is 249 g/mol. The van der Waals surface area contributed by atoms with Crippen LogP contribution in [0.3, 0.4) is 0 Å². The predicted molar refractivity (Wildman–Crippen MR) is 78.1 cm³/mol. The SMILES string of the molecule is CC1CCC(C2CCC(C#N)CC2)CC1.CCC. The summed E-state index contributed by atoms with van der Waals surface area (Å²) in [7, 11) is 0. The highest BCUT2D eigenvalue weighted by Gasteiger charge is 2.29. The van der Waals surface area contributed by atoms with E-state index in [4.69, 9.17) is 5.26 Å². The van der Waals surface area contributed by atoms with Gasteiger partial charge in [0.15, 0.2) is 0 Å². The van der Waals surface area contributed by atoms with Crippen molar-refractivity contribution in [2.24, 2.45) is 23.7 Å². The van der Waals surface area contributed by atoms with E-state index in [9.17, 15) is 0 Å². The van der Waals surface area contributed by atoms with Crippen LogP contribution in [0.15, 0.2) is 0 Å². The maximum absolute atomic E-state index is 8.87. The van der Waals surface area contributed by atoms with Crippen LogP contribution in [0.4, 0.5) is 0 Å². The number of nitrogens with zero attached hydrogens (tertiary/aromatic N) is 1. The molecule has 2 aliphatic rings. The summed E-state index contributed by atoms with van der Waals surface area (Å²) in [5.74, 6) is 3.31. The lowest BCUT2D eigenvalue weighted by Gasteiger charge is -2.35. The van der Waals surface area contributed by atoms with Crippen LogP contribution >= 0.6 is 0 Å². The third kappa shape index (κ3) is 5.01. The Morgan fingerprint density at radius 3 is 1.61 bits per heavy atom. The van der Waals surface area contributed by atoms with Gasteiger partial charge in [0.1, 0.15) is 0 Å². The van der Waals surface area contributed by atoms with Crippen molar-refractivity contribution in [1.82, 2.24) is 0 Å². The van der Waals surface area contributed by atoms with Crippen molar-refractivity contribution in [2.75, 3.05) is 0 Å². The average Bonchev–Trinajstić information content (AvgIpc) is 2.41. The minimum Gasteiger partial charge on any atom is -0.198 e. The number of hydrogen-bond acceptors (Lipinski definition) is 1. The van der Waals surface area contributed by atoms with Crippen molar-refractivity contribution >= 4 is 0 Å². The molecule has 0 N–H and O–H groups in total. The van der Waals surface area contributed by atoms with Crippen molar-refractivity contribution in [3.8, 4) is 6.07 Å². The van der Waals surface area contributed by atoms with E-state index in [0.29, 0.717) is 5.92 Å². The molecular weight excluding hydrogens is 218 g/mol. The predicted octanol–water partition coefficient (Wildman–Crippen LogP) is 5.56. The molecule has 0 aromatic carbocycles. The van der Waals surface area contributed by atoms with E-state index in [-0.39, 0.29) is 0 Å². The minimum absolute atomic E-state index is 0.378. The minimum atomic E-state index is 0.378. The molecule has 0 bridgehead atoms. The Hall–Kier alpha value is -0.510. The number of nitriles is 1. The van der Waals surface area contributed by atoms with Gasteiger partial charge in [0, 0.05) is 5.92 Å². The molecule has 1 heteroatoms. The zero-order valence-corrected chi connectivity index (χ0v) is 12.6. The zero-order valence-electron chi connectivity index (χ0n) is 12.6. The highest BCUT2D eigenvalue weighted by atomic mass is 14.4. The monoisotopic (exact) mass is 249 g/mol. The van der Waals surface area contributed by atoms with Crippen molar-refractivity contribution in [3.63, 3.8) is 0 Å². The first-order chi connectivity index (χ1) is 8.71. The van der Waals surface area contributed by atoms with Crippen molar-refractivity contribution in [1.29, 1.82) is 5.26 Å². The molecule has 0 aromatic rings. The van der Waals surface area contributed by atoms with Crippen LogP contribution in [0.2, 0.25) is 0 Å². The molecular formula is C17H31N. The molecule has 0 atom stereocenters. The molecule has 0 heterocycles. The van der Waals surface area contributed by atoms with Gasteiger partial charge in [-0.1, -0.05) is 40.0 Å². The molecule has 18 heavy (non-hydrogen) atoms. The second kappa shape index (κ2) is 8.57. The van der Waals surface area contributed by atoms with Gasteiger partial charge in [0.25, 0.3) is 0 Å². The third-order valence-corrected chi connectivity index (χ3v) is 4.68. The van der Waals surface area contributed by atoms with E-state index < -0.39 is 0 Å². The van der Waals surface area contributed by atoms with Gasteiger partial charge in [-0.3, -0.25) is 0 Å². The quantitative estimate of drug-likeness (QED) is 0.597. The zero-order chi connectivity index (χ0) is 13.4. The molecule has 104 valence electrons. The van der Waals surface area contributed by atoms with Gasteiger partial charge in [-0.2, -0.15) is 5.26 Å². The van der Waals surface area contributed by atoms with Crippen LogP contribution in [-0.2, 0) is 0 Å². The Morgan fingerprint density at radius 1 is 0.833 bits per heavy atom. The second-order valence-electron chi connectivity index (χ2n) is 6.47. The van der Waals surface area contributed by atoms with Crippen molar-refractivity contribution < 1.29 is 0 Å². The highest BCUT2D eigenvalue weighted by molar-refractivity contribution is 4.89. The molecule has 1 nitrogen and oxygen atoms in total. The van der Waals surface area contributed by atoms with E-state index in [1.165, 1.54) is 57.8 Å². The first kappa shape index (κ1) is 15.5. The second-order valence-corrected chi connectivity index (χ2v) is 6.47. The fourth-order valence-corrected chi connectivity index (χ4v) is 3.48. The van der Waals surface area contributed by atoms with E-state index in [0.717, 1.165) is 17.8 Å². The van der Waals surface area contributed by atoms with Gasteiger partial charge in [0.2, 0.25) is 0 Å². The van der Waals surface area contributed by atoms with Crippen molar-refractivity contribution in [3.05, 3.63) is 0 Å². The summed E-state index contributed by atoms with van der Waals surface area (Å²) in [4.78, 5) is 0. The summed E-state index contributed by atoms with van der Waals surface area (Å²) in [5, 5.41) is 8.87. The Labute approximate surface area is 114 Å². The molecule has 0 aliphatic heterocycles. The van der Waals surface area contributed by atoms with Gasteiger partial charge in [0.05, 0.1) is 6.07 Å². The molecule has 2 saturated carbocycles. The molecule has 2 fully saturated rings. The van der Waals surface area contributed by atoms with Crippen LogP contribution in [0.1, 0.15) is 78.6 Å². The van der Waals surface area contributed by atoms with E-state index >= 15 is 0 Å². The van der Waals surface area contributed by atoms with Crippen LogP contribution in [0, 0.1) is 35.0 Å². The summed E-state index contributed by atoms with van der Waals surface area (Å²) >= 11 is 0. The lowest BCUT2D eigenvalue weighted by molar-refractivity contribution is 0.161. The highest BCUT2D eigenvalue weighted by Crippen LogP contribution is 2.40. The van der Waals surface area contributed by atoms with Gasteiger partial charge in [-0.05, 0) is 56.3 Å². The number of rotatable bonds is 1. The summed E-state index contributed by atoms with van der Waals surface area (Å²) in [6.07, 6.45) is 12.1. The topological polar surface area (TPSA) is 23.8 Å².